The molecular weight excluding hydrogens is 668 g/mol. The quantitative estimate of drug-likeness (QED) is 0.114. The molecule has 0 radical (unpaired) electrons. The second-order valence-corrected chi connectivity index (χ2v) is 15.8. The Morgan fingerprint density at radius 1 is 0.833 bits per heavy atom. The van der Waals surface area contributed by atoms with E-state index in [9.17, 15) is 57.5 Å². The van der Waals surface area contributed by atoms with Crippen molar-refractivity contribution >= 4 is 5.97 Å². The predicted octanol–water partition coefficient (Wildman–Crippen LogP) is 11.4. The van der Waals surface area contributed by atoms with Gasteiger partial charge < -0.3 is 4.74 Å². The summed E-state index contributed by atoms with van der Waals surface area (Å²) in [6.07, 6.45) is 3.14. The van der Waals surface area contributed by atoms with Crippen molar-refractivity contribution < 1.29 is 62.2 Å². The summed E-state index contributed by atoms with van der Waals surface area (Å²) in [7, 11) is 0. The maximum absolute atomic E-state index is 14.5. The van der Waals surface area contributed by atoms with E-state index in [0.717, 1.165) is 31.3 Å². The highest BCUT2D eigenvalue weighted by Crippen LogP contribution is 2.67. The topological polar surface area (TPSA) is 26.3 Å². The highest BCUT2D eigenvalue weighted by Gasteiger charge is 2.89. The first kappa shape index (κ1) is 39.2. The minimum absolute atomic E-state index is 0.127. The molecule has 0 aliphatic heterocycles. The van der Waals surface area contributed by atoms with E-state index in [0.29, 0.717) is 36.0 Å². The van der Waals surface area contributed by atoms with Crippen molar-refractivity contribution in [2.45, 2.75) is 147 Å². The van der Waals surface area contributed by atoms with Crippen molar-refractivity contribution in [2.24, 2.45) is 46.3 Å². The van der Waals surface area contributed by atoms with Crippen LogP contribution in [0.3, 0.4) is 0 Å². The molecule has 3 saturated carbocycles. The van der Waals surface area contributed by atoms with E-state index >= 15 is 0 Å². The molecule has 0 aromatic rings. The van der Waals surface area contributed by atoms with Gasteiger partial charge in [-0.05, 0) is 91.3 Å². The number of ether oxygens (including phenoxy) is 1. The number of hydrogen-bond acceptors (Lipinski definition) is 2. The number of carbonyl (C=O) groups is 1. The Labute approximate surface area is 273 Å². The lowest BCUT2D eigenvalue weighted by Crippen LogP contribution is -2.70. The van der Waals surface area contributed by atoms with E-state index in [1.807, 2.05) is 13.0 Å². The molecule has 0 bridgehead atoms. The second kappa shape index (κ2) is 12.9. The Morgan fingerprint density at radius 3 is 2.04 bits per heavy atom. The highest BCUT2D eigenvalue weighted by atomic mass is 19.4. The fraction of sp³-hybridized carbons (Fsp3) is 0.912. The summed E-state index contributed by atoms with van der Waals surface area (Å²) in [6, 6.07) is 0. The van der Waals surface area contributed by atoms with Crippen LogP contribution in [0.25, 0.3) is 0 Å². The summed E-state index contributed by atoms with van der Waals surface area (Å²) >= 11 is 0. The fourth-order valence-corrected chi connectivity index (χ4v) is 9.85. The maximum Gasteiger partial charge on any atom is 0.410 e. The molecule has 8 atom stereocenters. The van der Waals surface area contributed by atoms with Gasteiger partial charge in [0.15, 0.2) is 0 Å². The van der Waals surface area contributed by atoms with Gasteiger partial charge in [-0.3, -0.25) is 0 Å². The fourth-order valence-electron chi connectivity index (χ4n) is 9.85. The van der Waals surface area contributed by atoms with Crippen LogP contribution in [0, 0.1) is 46.3 Å². The second-order valence-electron chi connectivity index (χ2n) is 15.8. The van der Waals surface area contributed by atoms with Gasteiger partial charge >= 0.3 is 42.0 Å². The first-order chi connectivity index (χ1) is 21.8. The van der Waals surface area contributed by atoms with E-state index in [-0.39, 0.29) is 30.6 Å². The third kappa shape index (κ3) is 5.96. The van der Waals surface area contributed by atoms with Gasteiger partial charge in [-0.25, -0.2) is 13.6 Å². The molecule has 0 N–H and O–H groups in total. The van der Waals surface area contributed by atoms with Crippen molar-refractivity contribution in [3.8, 4) is 0 Å². The van der Waals surface area contributed by atoms with Gasteiger partial charge in [0, 0.05) is 6.42 Å². The Kier molecular flexibility index (Phi) is 10.5. The number of rotatable bonds is 12. The van der Waals surface area contributed by atoms with Gasteiger partial charge in [0.1, 0.15) is 6.10 Å². The molecule has 0 heterocycles. The predicted molar refractivity (Wildman–Crippen MR) is 154 cm³/mol. The molecule has 0 spiro atoms. The summed E-state index contributed by atoms with van der Waals surface area (Å²) in [5.74, 6) is -37.3. The molecule has 48 heavy (non-hydrogen) atoms. The van der Waals surface area contributed by atoms with Crippen LogP contribution < -0.4 is 0 Å². The van der Waals surface area contributed by atoms with Gasteiger partial charge in [-0.2, -0.15) is 43.9 Å². The standard InChI is InChI=1S/C34H46F12O2/c1-18(2)7-6-8-19(3)23-11-12-24-22-10-9-20-17-21(13-15-28(20,4)25(22)14-16-29(23,24)5)48-27(47)31(39,40)33(43,44)34(45,46)32(41,42)30(37,38)26(35)36/h9,18-19,21-26H,6-8,10-17H2,1-5H3/t19-,21+,22+,23-,24+,25+,28+,29-/m1/s1. The molecule has 4 rings (SSSR count). The summed E-state index contributed by atoms with van der Waals surface area (Å²) in [4.78, 5) is 12.2. The molecule has 4 aliphatic carbocycles. The lowest BCUT2D eigenvalue weighted by molar-refractivity contribution is -0.408. The third-order valence-corrected chi connectivity index (χ3v) is 12.7. The monoisotopic (exact) mass is 714 g/mol. The molecule has 3 fully saturated rings. The molecule has 0 aromatic carbocycles. The van der Waals surface area contributed by atoms with Crippen LogP contribution in [0.5, 0.6) is 0 Å². The molecule has 0 saturated heterocycles. The normalized spacial score (nSPS) is 34.0. The third-order valence-electron chi connectivity index (χ3n) is 12.7. The highest BCUT2D eigenvalue weighted by molar-refractivity contribution is 5.79. The summed E-state index contributed by atoms with van der Waals surface area (Å²) in [5.41, 5.74) is 0.467. The van der Waals surface area contributed by atoms with Crippen molar-refractivity contribution in [3.05, 3.63) is 11.6 Å². The van der Waals surface area contributed by atoms with Gasteiger partial charge in [0.2, 0.25) is 0 Å². The zero-order valence-corrected chi connectivity index (χ0v) is 27.8. The largest absolute Gasteiger partial charge is 0.457 e. The number of alkyl halides is 12. The Morgan fingerprint density at radius 2 is 1.46 bits per heavy atom. The first-order valence-corrected chi connectivity index (χ1v) is 16.9. The molecule has 4 aliphatic rings. The number of hydrogen-bond donors (Lipinski definition) is 0. The van der Waals surface area contributed by atoms with Crippen molar-refractivity contribution in [3.63, 3.8) is 0 Å². The maximum atomic E-state index is 14.5. The van der Waals surface area contributed by atoms with Crippen LogP contribution >= 0.6 is 0 Å². The Hall–Kier alpha value is -1.63. The number of carbonyl (C=O) groups excluding carboxylic acids is 1. The minimum Gasteiger partial charge on any atom is -0.457 e. The van der Waals surface area contributed by atoms with E-state index in [4.69, 9.17) is 0 Å². The van der Waals surface area contributed by atoms with Crippen LogP contribution in [-0.4, -0.2) is 48.1 Å². The van der Waals surface area contributed by atoms with E-state index in [1.165, 1.54) is 19.3 Å². The Balaban J connectivity index is 1.46. The zero-order valence-electron chi connectivity index (χ0n) is 27.8. The van der Waals surface area contributed by atoms with Gasteiger partial charge in [-0.1, -0.05) is 65.5 Å². The molecule has 0 unspecified atom stereocenters. The summed E-state index contributed by atoms with van der Waals surface area (Å²) in [5, 5.41) is 0. The van der Waals surface area contributed by atoms with Gasteiger partial charge in [0.05, 0.1) is 0 Å². The van der Waals surface area contributed by atoms with Crippen molar-refractivity contribution in [1.29, 1.82) is 0 Å². The molecular formula is C34H46F12O2. The smallest absolute Gasteiger partial charge is 0.410 e. The summed E-state index contributed by atoms with van der Waals surface area (Å²) < 4.78 is 168. The van der Waals surface area contributed by atoms with E-state index < -0.39 is 53.5 Å². The van der Waals surface area contributed by atoms with Crippen LogP contribution in [0.1, 0.15) is 105 Å². The average molecular weight is 715 g/mol. The van der Waals surface area contributed by atoms with Gasteiger partial charge in [0.25, 0.3) is 0 Å². The zero-order chi connectivity index (χ0) is 36.5. The SMILES string of the molecule is CC(C)CCC[C@@H](C)[C@H]1CC[C@H]2[C@@H]3CC=C4C[C@@H](OC(=O)C(F)(F)C(F)(F)C(F)(F)C(F)(F)C(F)(F)C(F)F)CC[C@]4(C)[C@H]3CC[C@]12C. The summed E-state index contributed by atoms with van der Waals surface area (Å²) in [6.45, 7) is 11.2. The number of halogens is 12. The van der Waals surface area contributed by atoms with Crippen molar-refractivity contribution in [1.82, 2.24) is 0 Å². The van der Waals surface area contributed by atoms with E-state index in [1.54, 1.807) is 0 Å². The van der Waals surface area contributed by atoms with Crippen LogP contribution in [0.4, 0.5) is 52.7 Å². The molecule has 278 valence electrons. The first-order valence-electron chi connectivity index (χ1n) is 16.9. The van der Waals surface area contributed by atoms with Crippen LogP contribution in [0.15, 0.2) is 11.6 Å². The number of allylic oxidation sites excluding steroid dienone is 1. The number of esters is 1. The number of fused-ring (bicyclic) bond motifs is 5. The van der Waals surface area contributed by atoms with Crippen LogP contribution in [0.2, 0.25) is 0 Å². The van der Waals surface area contributed by atoms with Crippen LogP contribution in [-0.2, 0) is 9.53 Å². The van der Waals surface area contributed by atoms with Gasteiger partial charge in [-0.15, -0.1) is 0 Å². The van der Waals surface area contributed by atoms with E-state index in [2.05, 4.69) is 32.4 Å². The molecule has 14 heteroatoms. The minimum atomic E-state index is -7.77. The molecule has 0 amide bonds. The molecule has 0 aromatic heterocycles. The Bertz CT molecular complexity index is 1220. The average Bonchev–Trinajstić information content (AvgIpc) is 3.33. The van der Waals surface area contributed by atoms with Crippen molar-refractivity contribution in [2.75, 3.05) is 0 Å². The molecule has 2 nitrogen and oxygen atoms in total. The lowest BCUT2D eigenvalue weighted by atomic mass is 9.47. The lowest BCUT2D eigenvalue weighted by Gasteiger charge is -2.58.